The van der Waals surface area contributed by atoms with Crippen molar-refractivity contribution in [2.24, 2.45) is 0 Å². The van der Waals surface area contributed by atoms with Gasteiger partial charge in [-0.25, -0.2) is 9.78 Å². The molecule has 2 aromatic rings. The quantitative estimate of drug-likeness (QED) is 0.852. The van der Waals surface area contributed by atoms with Crippen LogP contribution in [0, 0.1) is 0 Å². The standard InChI is InChI=1S/C13H8Cl2N2O3/c14-10-2-1-8(6-9(10)13(19)20)17-12(18)7-3-4-16-11(15)5-7/h1-6H,(H,17,18)(H,19,20). The summed E-state index contributed by atoms with van der Waals surface area (Å²) in [5, 5.41) is 11.8. The third kappa shape index (κ3) is 3.26. The predicted octanol–water partition coefficient (Wildman–Crippen LogP) is 3.34. The summed E-state index contributed by atoms with van der Waals surface area (Å²) in [6.45, 7) is 0. The summed E-state index contributed by atoms with van der Waals surface area (Å²) >= 11 is 11.4. The highest BCUT2D eigenvalue weighted by Gasteiger charge is 2.12. The number of rotatable bonds is 3. The minimum Gasteiger partial charge on any atom is -0.478 e. The van der Waals surface area contributed by atoms with Crippen molar-refractivity contribution in [2.75, 3.05) is 5.32 Å². The molecule has 0 spiro atoms. The lowest BCUT2D eigenvalue weighted by Gasteiger charge is -2.07. The van der Waals surface area contributed by atoms with E-state index < -0.39 is 11.9 Å². The summed E-state index contributed by atoms with van der Waals surface area (Å²) in [5.41, 5.74) is 0.554. The number of pyridine rings is 1. The maximum Gasteiger partial charge on any atom is 0.337 e. The Morgan fingerprint density at radius 3 is 2.55 bits per heavy atom. The van der Waals surface area contributed by atoms with Crippen LogP contribution in [-0.2, 0) is 0 Å². The lowest BCUT2D eigenvalue weighted by atomic mass is 10.2. The number of hydrogen-bond donors (Lipinski definition) is 2. The molecule has 102 valence electrons. The molecule has 0 unspecified atom stereocenters. The van der Waals surface area contributed by atoms with Gasteiger partial charge in [0.2, 0.25) is 0 Å². The minimum absolute atomic E-state index is 0.0859. The second-order valence-electron chi connectivity index (χ2n) is 3.82. The van der Waals surface area contributed by atoms with Gasteiger partial charge in [-0.1, -0.05) is 23.2 Å². The van der Waals surface area contributed by atoms with Crippen molar-refractivity contribution >= 4 is 40.8 Å². The first-order chi connectivity index (χ1) is 9.47. The first-order valence-electron chi connectivity index (χ1n) is 5.43. The van der Waals surface area contributed by atoms with Gasteiger partial charge in [0.05, 0.1) is 10.6 Å². The molecule has 1 aromatic heterocycles. The van der Waals surface area contributed by atoms with Gasteiger partial charge < -0.3 is 10.4 Å². The fraction of sp³-hybridized carbons (Fsp3) is 0. The molecule has 7 heteroatoms. The molecular formula is C13H8Cl2N2O3. The van der Waals surface area contributed by atoms with Gasteiger partial charge in [0, 0.05) is 17.4 Å². The van der Waals surface area contributed by atoms with E-state index in [0.717, 1.165) is 0 Å². The molecule has 5 nitrogen and oxygen atoms in total. The molecule has 2 N–H and O–H groups in total. The molecule has 2 rings (SSSR count). The van der Waals surface area contributed by atoms with Crippen molar-refractivity contribution in [1.82, 2.24) is 4.98 Å². The highest BCUT2D eigenvalue weighted by molar-refractivity contribution is 6.33. The van der Waals surface area contributed by atoms with Gasteiger partial charge in [0.15, 0.2) is 0 Å². The van der Waals surface area contributed by atoms with Gasteiger partial charge in [-0.3, -0.25) is 4.79 Å². The van der Waals surface area contributed by atoms with E-state index in [-0.39, 0.29) is 15.7 Å². The van der Waals surface area contributed by atoms with Crippen LogP contribution in [0.2, 0.25) is 10.2 Å². The van der Waals surface area contributed by atoms with E-state index in [1.54, 1.807) is 0 Å². The molecule has 0 bridgehead atoms. The number of carbonyl (C=O) groups excluding carboxylic acids is 1. The Hall–Kier alpha value is -2.11. The monoisotopic (exact) mass is 310 g/mol. The number of carboxylic acids is 1. The minimum atomic E-state index is -1.17. The Morgan fingerprint density at radius 2 is 1.90 bits per heavy atom. The highest BCUT2D eigenvalue weighted by atomic mass is 35.5. The van der Waals surface area contributed by atoms with Crippen molar-refractivity contribution in [3.8, 4) is 0 Å². The number of halogens is 2. The summed E-state index contributed by atoms with van der Waals surface area (Å²) in [6, 6.07) is 7.10. The lowest BCUT2D eigenvalue weighted by molar-refractivity contribution is 0.0696. The molecule has 20 heavy (non-hydrogen) atoms. The molecule has 0 atom stereocenters. The smallest absolute Gasteiger partial charge is 0.337 e. The fourth-order valence-corrected chi connectivity index (χ4v) is 1.89. The zero-order valence-electron chi connectivity index (χ0n) is 9.93. The summed E-state index contributed by atoms with van der Waals surface area (Å²) in [4.78, 5) is 26.7. The summed E-state index contributed by atoms with van der Waals surface area (Å²) in [7, 11) is 0. The predicted molar refractivity (Wildman–Crippen MR) is 75.6 cm³/mol. The maximum absolute atomic E-state index is 12.0. The summed E-state index contributed by atoms with van der Waals surface area (Å²) in [5.74, 6) is -1.59. The zero-order valence-corrected chi connectivity index (χ0v) is 11.4. The van der Waals surface area contributed by atoms with E-state index in [1.807, 2.05) is 0 Å². The van der Waals surface area contributed by atoms with Crippen LogP contribution in [0.15, 0.2) is 36.5 Å². The number of benzene rings is 1. The average molecular weight is 311 g/mol. The lowest BCUT2D eigenvalue weighted by Crippen LogP contribution is -2.12. The molecule has 0 radical (unpaired) electrons. The van der Waals surface area contributed by atoms with Crippen LogP contribution < -0.4 is 5.32 Å². The van der Waals surface area contributed by atoms with E-state index in [4.69, 9.17) is 28.3 Å². The van der Waals surface area contributed by atoms with E-state index in [9.17, 15) is 9.59 Å². The Morgan fingerprint density at radius 1 is 1.15 bits per heavy atom. The molecule has 1 amide bonds. The van der Waals surface area contributed by atoms with Crippen molar-refractivity contribution < 1.29 is 14.7 Å². The van der Waals surface area contributed by atoms with E-state index in [1.165, 1.54) is 36.5 Å². The first-order valence-corrected chi connectivity index (χ1v) is 6.18. The van der Waals surface area contributed by atoms with Gasteiger partial charge in [0.1, 0.15) is 5.15 Å². The fourth-order valence-electron chi connectivity index (χ4n) is 1.51. The normalized spacial score (nSPS) is 10.1. The third-order valence-electron chi connectivity index (χ3n) is 2.44. The molecule has 1 aromatic carbocycles. The van der Waals surface area contributed by atoms with Crippen molar-refractivity contribution in [1.29, 1.82) is 0 Å². The number of aromatic carboxylic acids is 1. The molecule has 0 saturated carbocycles. The molecule has 0 aliphatic rings. The van der Waals surface area contributed by atoms with Crippen molar-refractivity contribution in [2.45, 2.75) is 0 Å². The number of hydrogen-bond acceptors (Lipinski definition) is 3. The topological polar surface area (TPSA) is 79.3 Å². The molecule has 0 aliphatic heterocycles. The number of amides is 1. The molecule has 0 aliphatic carbocycles. The van der Waals surface area contributed by atoms with Crippen LogP contribution in [0.5, 0.6) is 0 Å². The first kappa shape index (κ1) is 14.3. The molecule has 1 heterocycles. The van der Waals surface area contributed by atoms with E-state index in [0.29, 0.717) is 11.3 Å². The SMILES string of the molecule is O=C(Nc1ccc(Cl)c(C(=O)O)c1)c1ccnc(Cl)c1. The van der Waals surface area contributed by atoms with Gasteiger partial charge in [-0.15, -0.1) is 0 Å². The van der Waals surface area contributed by atoms with Gasteiger partial charge in [-0.05, 0) is 30.3 Å². The second-order valence-corrected chi connectivity index (χ2v) is 4.62. The molecule has 0 fully saturated rings. The van der Waals surface area contributed by atoms with Crippen LogP contribution in [0.3, 0.4) is 0 Å². The van der Waals surface area contributed by atoms with Crippen LogP contribution in [0.25, 0.3) is 0 Å². The number of aromatic nitrogens is 1. The Kier molecular flexibility index (Phi) is 4.22. The molecular weight excluding hydrogens is 303 g/mol. The Labute approximate surface area is 124 Å². The van der Waals surface area contributed by atoms with Gasteiger partial charge in [-0.2, -0.15) is 0 Å². The van der Waals surface area contributed by atoms with Crippen LogP contribution in [0.4, 0.5) is 5.69 Å². The largest absolute Gasteiger partial charge is 0.478 e. The average Bonchev–Trinajstić information content (AvgIpc) is 2.40. The zero-order chi connectivity index (χ0) is 14.7. The molecule has 0 saturated heterocycles. The van der Waals surface area contributed by atoms with Crippen LogP contribution >= 0.6 is 23.2 Å². The summed E-state index contributed by atoms with van der Waals surface area (Å²) < 4.78 is 0. The van der Waals surface area contributed by atoms with Crippen molar-refractivity contribution in [3.63, 3.8) is 0 Å². The summed E-state index contributed by atoms with van der Waals surface area (Å²) in [6.07, 6.45) is 1.40. The van der Waals surface area contributed by atoms with Gasteiger partial charge in [0.25, 0.3) is 5.91 Å². The third-order valence-corrected chi connectivity index (χ3v) is 2.98. The van der Waals surface area contributed by atoms with Crippen LogP contribution in [-0.4, -0.2) is 22.0 Å². The number of carbonyl (C=O) groups is 2. The van der Waals surface area contributed by atoms with Gasteiger partial charge >= 0.3 is 5.97 Å². The van der Waals surface area contributed by atoms with E-state index in [2.05, 4.69) is 10.3 Å². The van der Waals surface area contributed by atoms with Crippen molar-refractivity contribution in [3.05, 3.63) is 57.8 Å². The maximum atomic E-state index is 12.0. The second kappa shape index (κ2) is 5.90. The van der Waals surface area contributed by atoms with Crippen LogP contribution in [0.1, 0.15) is 20.7 Å². The Bertz CT molecular complexity index is 689. The Balaban J connectivity index is 2.24. The number of nitrogens with zero attached hydrogens (tertiary/aromatic N) is 1. The highest BCUT2D eigenvalue weighted by Crippen LogP contribution is 2.21. The van der Waals surface area contributed by atoms with E-state index >= 15 is 0 Å². The number of nitrogens with one attached hydrogen (secondary N) is 1. The number of anilines is 1. The number of carboxylic acid groups (broad SMARTS) is 1.